The molecule has 0 radical (unpaired) electrons. The van der Waals surface area contributed by atoms with E-state index in [4.69, 9.17) is 13.9 Å². The molecule has 0 saturated heterocycles. The molecule has 0 fully saturated rings. The molecule has 2 aromatic heterocycles. The van der Waals surface area contributed by atoms with Crippen LogP contribution in [0.3, 0.4) is 0 Å². The zero-order valence-electron chi connectivity index (χ0n) is 18.3. The van der Waals surface area contributed by atoms with E-state index < -0.39 is 30.2 Å². The minimum atomic E-state index is -0.760. The van der Waals surface area contributed by atoms with E-state index in [1.165, 1.54) is 11.3 Å². The number of para-hydroxylation sites is 2. The molecule has 0 bridgehead atoms. The lowest BCUT2D eigenvalue weighted by molar-refractivity contribution is -0.147. The largest absolute Gasteiger partial charge is 0.462 e. The first-order chi connectivity index (χ1) is 15.9. The Bertz CT molecular complexity index is 1270. The molecule has 9 nitrogen and oxygen atoms in total. The van der Waals surface area contributed by atoms with Crippen molar-refractivity contribution in [3.05, 3.63) is 50.8 Å². The number of carbonyl (C=O) groups is 3. The van der Waals surface area contributed by atoms with Gasteiger partial charge in [-0.05, 0) is 49.8 Å². The van der Waals surface area contributed by atoms with Gasteiger partial charge in [-0.15, -0.1) is 11.3 Å². The third-order valence-corrected chi connectivity index (χ3v) is 6.64. The number of hydrogen-bond donors (Lipinski definition) is 1. The maximum Gasteiger partial charge on any atom is 0.420 e. The molecular weight excluding hydrogens is 448 g/mol. The number of benzene rings is 1. The van der Waals surface area contributed by atoms with Crippen LogP contribution in [-0.2, 0) is 38.4 Å². The Morgan fingerprint density at radius 3 is 2.82 bits per heavy atom. The van der Waals surface area contributed by atoms with Gasteiger partial charge in [-0.2, -0.15) is 0 Å². The smallest absolute Gasteiger partial charge is 0.420 e. The van der Waals surface area contributed by atoms with Crippen molar-refractivity contribution < 1.29 is 28.3 Å². The fraction of sp³-hybridized carbons (Fsp3) is 0.391. The highest BCUT2D eigenvalue weighted by molar-refractivity contribution is 7.17. The summed E-state index contributed by atoms with van der Waals surface area (Å²) in [5.41, 5.74) is 2.13. The number of nitrogens with one attached hydrogen (secondary N) is 1. The minimum absolute atomic E-state index is 0.229. The number of rotatable bonds is 7. The molecule has 1 amide bonds. The summed E-state index contributed by atoms with van der Waals surface area (Å²) >= 11 is 1.36. The SMILES string of the molecule is CCOC(=O)c1c(NC(=O)COC(=O)Cn2c(=O)oc3ccccc32)sc2c1CCC(C)C2. The maximum absolute atomic E-state index is 12.6. The maximum atomic E-state index is 12.6. The lowest BCUT2D eigenvalue weighted by Crippen LogP contribution is -2.26. The molecule has 2 heterocycles. The van der Waals surface area contributed by atoms with Crippen LogP contribution in [0.2, 0.25) is 0 Å². The first-order valence-electron chi connectivity index (χ1n) is 10.7. The molecule has 1 aromatic carbocycles. The Balaban J connectivity index is 1.42. The van der Waals surface area contributed by atoms with Crippen molar-refractivity contribution in [1.82, 2.24) is 4.57 Å². The number of nitrogens with zero attached hydrogens (tertiary/aromatic N) is 1. The van der Waals surface area contributed by atoms with Crippen molar-refractivity contribution in [2.24, 2.45) is 5.92 Å². The third kappa shape index (κ3) is 4.85. The molecule has 0 saturated carbocycles. The molecule has 10 heteroatoms. The first-order valence-corrected chi connectivity index (χ1v) is 11.5. The molecule has 33 heavy (non-hydrogen) atoms. The van der Waals surface area contributed by atoms with E-state index in [0.717, 1.165) is 34.3 Å². The second-order valence-corrected chi connectivity index (χ2v) is 9.01. The molecule has 1 aliphatic carbocycles. The summed E-state index contributed by atoms with van der Waals surface area (Å²) in [7, 11) is 0. The Morgan fingerprint density at radius 1 is 1.24 bits per heavy atom. The lowest BCUT2D eigenvalue weighted by Gasteiger charge is -2.18. The Kier molecular flexibility index (Phi) is 6.64. The van der Waals surface area contributed by atoms with Crippen LogP contribution in [0.5, 0.6) is 0 Å². The second-order valence-electron chi connectivity index (χ2n) is 7.91. The van der Waals surface area contributed by atoms with Crippen molar-refractivity contribution >= 4 is 45.3 Å². The molecule has 1 aliphatic rings. The van der Waals surface area contributed by atoms with Gasteiger partial charge in [0, 0.05) is 4.88 Å². The Morgan fingerprint density at radius 2 is 2.03 bits per heavy atom. The van der Waals surface area contributed by atoms with Gasteiger partial charge in [0.15, 0.2) is 12.2 Å². The van der Waals surface area contributed by atoms with Crippen molar-refractivity contribution in [3.8, 4) is 0 Å². The number of ether oxygens (including phenoxy) is 2. The highest BCUT2D eigenvalue weighted by Crippen LogP contribution is 2.40. The van der Waals surface area contributed by atoms with Crippen LogP contribution in [0, 0.1) is 5.92 Å². The number of anilines is 1. The van der Waals surface area contributed by atoms with Gasteiger partial charge in [-0.25, -0.2) is 9.59 Å². The van der Waals surface area contributed by atoms with Crippen molar-refractivity contribution in [2.75, 3.05) is 18.5 Å². The highest BCUT2D eigenvalue weighted by atomic mass is 32.1. The van der Waals surface area contributed by atoms with E-state index in [0.29, 0.717) is 27.6 Å². The fourth-order valence-corrected chi connectivity index (χ4v) is 5.32. The van der Waals surface area contributed by atoms with Crippen LogP contribution in [0.25, 0.3) is 11.1 Å². The number of oxazole rings is 1. The highest BCUT2D eigenvalue weighted by Gasteiger charge is 2.29. The molecule has 0 aliphatic heterocycles. The quantitative estimate of drug-likeness (QED) is 0.525. The van der Waals surface area contributed by atoms with Gasteiger partial charge in [-0.1, -0.05) is 19.1 Å². The van der Waals surface area contributed by atoms with Gasteiger partial charge >= 0.3 is 17.7 Å². The zero-order chi connectivity index (χ0) is 23.5. The first kappa shape index (κ1) is 22.8. The second kappa shape index (κ2) is 9.62. The molecule has 174 valence electrons. The lowest BCUT2D eigenvalue weighted by atomic mass is 9.88. The number of aromatic nitrogens is 1. The van der Waals surface area contributed by atoms with E-state index in [9.17, 15) is 19.2 Å². The fourth-order valence-electron chi connectivity index (χ4n) is 3.91. The van der Waals surface area contributed by atoms with Gasteiger partial charge in [-0.3, -0.25) is 14.2 Å². The number of esters is 2. The topological polar surface area (TPSA) is 117 Å². The summed E-state index contributed by atoms with van der Waals surface area (Å²) in [5, 5.41) is 3.10. The van der Waals surface area contributed by atoms with Crippen LogP contribution in [0.1, 0.15) is 41.1 Å². The number of carbonyl (C=O) groups excluding carboxylic acids is 3. The van der Waals surface area contributed by atoms with E-state index in [-0.39, 0.29) is 13.2 Å². The summed E-state index contributed by atoms with van der Waals surface area (Å²) in [6.45, 7) is 3.17. The predicted molar refractivity (Wildman–Crippen MR) is 122 cm³/mol. The Labute approximate surface area is 193 Å². The number of thiophene rings is 1. The average molecular weight is 473 g/mol. The van der Waals surface area contributed by atoms with Gasteiger partial charge in [0.1, 0.15) is 11.5 Å². The van der Waals surface area contributed by atoms with Crippen molar-refractivity contribution in [3.63, 3.8) is 0 Å². The monoisotopic (exact) mass is 472 g/mol. The summed E-state index contributed by atoms with van der Waals surface area (Å²) in [6.07, 6.45) is 2.55. The number of fused-ring (bicyclic) bond motifs is 2. The summed E-state index contributed by atoms with van der Waals surface area (Å²) in [5.74, 6) is -2.00. The normalized spacial score (nSPS) is 15.2. The summed E-state index contributed by atoms with van der Waals surface area (Å²) in [6, 6.07) is 6.70. The average Bonchev–Trinajstić information content (AvgIpc) is 3.28. The zero-order valence-corrected chi connectivity index (χ0v) is 19.2. The van der Waals surface area contributed by atoms with E-state index in [2.05, 4.69) is 12.2 Å². The molecule has 0 spiro atoms. The molecule has 1 atom stereocenters. The van der Waals surface area contributed by atoms with Gasteiger partial charge < -0.3 is 19.2 Å². The van der Waals surface area contributed by atoms with E-state index in [1.807, 2.05) is 0 Å². The van der Waals surface area contributed by atoms with Crippen molar-refractivity contribution in [2.45, 2.75) is 39.7 Å². The number of hydrogen-bond acceptors (Lipinski definition) is 8. The van der Waals surface area contributed by atoms with Crippen LogP contribution < -0.4 is 11.1 Å². The van der Waals surface area contributed by atoms with Gasteiger partial charge in [0.05, 0.1) is 17.7 Å². The van der Waals surface area contributed by atoms with E-state index in [1.54, 1.807) is 31.2 Å². The number of amides is 1. The molecule has 1 unspecified atom stereocenters. The molecule has 3 aromatic rings. The van der Waals surface area contributed by atoms with Crippen LogP contribution in [0.15, 0.2) is 33.5 Å². The summed E-state index contributed by atoms with van der Waals surface area (Å²) < 4.78 is 16.5. The van der Waals surface area contributed by atoms with Crippen LogP contribution in [0.4, 0.5) is 5.00 Å². The summed E-state index contributed by atoms with van der Waals surface area (Å²) in [4.78, 5) is 50.3. The van der Waals surface area contributed by atoms with Gasteiger partial charge in [0.25, 0.3) is 5.91 Å². The van der Waals surface area contributed by atoms with Crippen LogP contribution in [-0.4, -0.2) is 35.6 Å². The third-order valence-electron chi connectivity index (χ3n) is 5.47. The predicted octanol–water partition coefficient (Wildman–Crippen LogP) is 3.14. The minimum Gasteiger partial charge on any atom is -0.462 e. The molecule has 1 N–H and O–H groups in total. The van der Waals surface area contributed by atoms with Gasteiger partial charge in [0.2, 0.25) is 0 Å². The van der Waals surface area contributed by atoms with Crippen LogP contribution >= 0.6 is 11.3 Å². The standard InChI is InChI=1S/C23H24N2O7S/c1-3-30-22(28)20-14-9-8-13(2)10-17(14)33-21(20)24-18(26)12-31-19(27)11-25-15-6-4-5-7-16(15)32-23(25)29/h4-7,13H,3,8-12H2,1-2H3,(H,24,26). The van der Waals surface area contributed by atoms with E-state index >= 15 is 0 Å². The van der Waals surface area contributed by atoms with Crippen molar-refractivity contribution in [1.29, 1.82) is 0 Å². The molecular formula is C23H24N2O7S. The Hall–Kier alpha value is -3.40. The molecule has 4 rings (SSSR count).